The minimum atomic E-state index is 0.201. The number of nitrogens with one attached hydrogen (secondary N) is 1. The number of ether oxygens (including phenoxy) is 1. The largest absolute Gasteiger partial charge is 0.491 e. The number of rotatable bonds is 6. The van der Waals surface area contributed by atoms with Gasteiger partial charge in [0.05, 0.1) is 6.10 Å². The summed E-state index contributed by atoms with van der Waals surface area (Å²) in [6.45, 7) is 9.39. The Kier molecular flexibility index (Phi) is 5.56. The van der Waals surface area contributed by atoms with E-state index >= 15 is 0 Å². The van der Waals surface area contributed by atoms with E-state index in [1.54, 1.807) is 0 Å². The van der Waals surface area contributed by atoms with E-state index in [-0.39, 0.29) is 6.10 Å². The first-order valence-electron chi connectivity index (χ1n) is 5.38. The van der Waals surface area contributed by atoms with Gasteiger partial charge in [-0.3, -0.25) is 0 Å². The number of para-hydroxylation sites is 1. The van der Waals surface area contributed by atoms with Gasteiger partial charge in [-0.1, -0.05) is 40.7 Å². The Labute approximate surface area is 106 Å². The summed E-state index contributed by atoms with van der Waals surface area (Å²) in [6, 6.07) is 8.08. The molecule has 0 saturated carbocycles. The number of hydrogen-bond acceptors (Lipinski definition) is 2. The maximum absolute atomic E-state index is 5.73. The first-order chi connectivity index (χ1) is 7.59. The highest BCUT2D eigenvalue weighted by Gasteiger charge is 2.04. The minimum absolute atomic E-state index is 0.201. The van der Waals surface area contributed by atoms with Gasteiger partial charge in [-0.05, 0) is 19.9 Å². The highest BCUT2D eigenvalue weighted by Crippen LogP contribution is 2.19. The van der Waals surface area contributed by atoms with Crippen molar-refractivity contribution in [2.45, 2.75) is 26.5 Å². The van der Waals surface area contributed by atoms with Crippen LogP contribution in [0.25, 0.3) is 0 Å². The average Bonchev–Trinajstić information content (AvgIpc) is 2.19. The molecule has 0 bridgehead atoms. The lowest BCUT2D eigenvalue weighted by Gasteiger charge is -2.14. The SMILES string of the molecule is C=C(Br)CNCc1ccccc1OC(C)C. The Morgan fingerprint density at radius 3 is 2.75 bits per heavy atom. The van der Waals surface area contributed by atoms with E-state index < -0.39 is 0 Å². The summed E-state index contributed by atoms with van der Waals surface area (Å²) in [5.41, 5.74) is 1.17. The molecule has 0 heterocycles. The van der Waals surface area contributed by atoms with Gasteiger partial charge in [0, 0.05) is 23.1 Å². The van der Waals surface area contributed by atoms with Crippen LogP contribution in [0.3, 0.4) is 0 Å². The van der Waals surface area contributed by atoms with E-state index in [4.69, 9.17) is 4.74 Å². The van der Waals surface area contributed by atoms with Crippen LogP contribution in [0.5, 0.6) is 5.75 Å². The summed E-state index contributed by atoms with van der Waals surface area (Å²) in [4.78, 5) is 0. The van der Waals surface area contributed by atoms with Crippen LogP contribution >= 0.6 is 15.9 Å². The molecule has 0 fully saturated rings. The lowest BCUT2D eigenvalue weighted by atomic mass is 10.2. The van der Waals surface area contributed by atoms with Crippen LogP contribution in [0, 0.1) is 0 Å². The summed E-state index contributed by atoms with van der Waals surface area (Å²) >= 11 is 3.32. The molecule has 0 aromatic heterocycles. The van der Waals surface area contributed by atoms with E-state index in [0.717, 1.165) is 23.3 Å². The summed E-state index contributed by atoms with van der Waals surface area (Å²) in [7, 11) is 0. The fraction of sp³-hybridized carbons (Fsp3) is 0.385. The Morgan fingerprint density at radius 1 is 1.44 bits per heavy atom. The molecule has 0 aliphatic rings. The van der Waals surface area contributed by atoms with Crippen molar-refractivity contribution in [3.63, 3.8) is 0 Å². The van der Waals surface area contributed by atoms with Crippen molar-refractivity contribution in [1.82, 2.24) is 5.32 Å². The van der Waals surface area contributed by atoms with Crippen LogP contribution in [0.2, 0.25) is 0 Å². The molecule has 1 rings (SSSR count). The number of hydrogen-bond donors (Lipinski definition) is 1. The van der Waals surface area contributed by atoms with Gasteiger partial charge in [0.2, 0.25) is 0 Å². The molecule has 3 heteroatoms. The molecule has 0 saturated heterocycles. The molecule has 1 N–H and O–H groups in total. The van der Waals surface area contributed by atoms with Crippen LogP contribution in [0.4, 0.5) is 0 Å². The maximum Gasteiger partial charge on any atom is 0.124 e. The third-order valence-electron chi connectivity index (χ3n) is 1.97. The van der Waals surface area contributed by atoms with E-state index in [1.807, 2.05) is 32.0 Å². The number of benzene rings is 1. The molecule has 0 amide bonds. The van der Waals surface area contributed by atoms with Crippen LogP contribution in [-0.4, -0.2) is 12.6 Å². The first kappa shape index (κ1) is 13.3. The standard InChI is InChI=1S/C13H18BrNO/c1-10(2)16-13-7-5-4-6-12(13)9-15-8-11(3)14/h4-7,10,15H,3,8-9H2,1-2H3. The first-order valence-corrected chi connectivity index (χ1v) is 6.17. The Balaban J connectivity index is 2.60. The van der Waals surface area contributed by atoms with Crippen molar-refractivity contribution in [3.05, 3.63) is 40.9 Å². The highest BCUT2D eigenvalue weighted by atomic mass is 79.9. The van der Waals surface area contributed by atoms with E-state index in [1.165, 1.54) is 5.56 Å². The molecule has 0 aliphatic heterocycles. The second-order valence-electron chi connectivity index (χ2n) is 3.90. The van der Waals surface area contributed by atoms with E-state index in [2.05, 4.69) is 33.9 Å². The quantitative estimate of drug-likeness (QED) is 0.863. The van der Waals surface area contributed by atoms with Crippen molar-refractivity contribution >= 4 is 15.9 Å². The fourth-order valence-electron chi connectivity index (χ4n) is 1.35. The van der Waals surface area contributed by atoms with Crippen LogP contribution < -0.4 is 10.1 Å². The molecular formula is C13H18BrNO. The van der Waals surface area contributed by atoms with Gasteiger partial charge in [-0.25, -0.2) is 0 Å². The molecule has 16 heavy (non-hydrogen) atoms. The molecule has 1 aromatic carbocycles. The zero-order valence-corrected chi connectivity index (χ0v) is 11.4. The van der Waals surface area contributed by atoms with Gasteiger partial charge < -0.3 is 10.1 Å². The molecule has 2 nitrogen and oxygen atoms in total. The summed E-state index contributed by atoms with van der Waals surface area (Å²) in [5, 5.41) is 3.29. The molecule has 1 aromatic rings. The van der Waals surface area contributed by atoms with Gasteiger partial charge in [-0.2, -0.15) is 0 Å². The Hall–Kier alpha value is -0.800. The van der Waals surface area contributed by atoms with Crippen LogP contribution in [0.1, 0.15) is 19.4 Å². The molecule has 0 atom stereocenters. The summed E-state index contributed by atoms with van der Waals surface area (Å²) < 4.78 is 6.68. The summed E-state index contributed by atoms with van der Waals surface area (Å²) in [6.07, 6.45) is 0.201. The average molecular weight is 284 g/mol. The molecule has 88 valence electrons. The summed E-state index contributed by atoms with van der Waals surface area (Å²) in [5.74, 6) is 0.949. The van der Waals surface area contributed by atoms with E-state index in [0.29, 0.717) is 0 Å². The lowest BCUT2D eigenvalue weighted by Crippen LogP contribution is -2.16. The van der Waals surface area contributed by atoms with Crippen LogP contribution in [0.15, 0.2) is 35.3 Å². The zero-order chi connectivity index (χ0) is 12.0. The second kappa shape index (κ2) is 6.71. The molecule has 0 unspecified atom stereocenters. The van der Waals surface area contributed by atoms with Crippen molar-refractivity contribution in [2.75, 3.05) is 6.54 Å². The van der Waals surface area contributed by atoms with Crippen molar-refractivity contribution in [2.24, 2.45) is 0 Å². The smallest absolute Gasteiger partial charge is 0.124 e. The Morgan fingerprint density at radius 2 is 2.12 bits per heavy atom. The normalized spacial score (nSPS) is 10.5. The Bertz CT molecular complexity index is 350. The van der Waals surface area contributed by atoms with Crippen molar-refractivity contribution in [3.8, 4) is 5.75 Å². The fourth-order valence-corrected chi connectivity index (χ4v) is 1.55. The molecule has 0 radical (unpaired) electrons. The predicted molar refractivity (Wildman–Crippen MR) is 72.0 cm³/mol. The van der Waals surface area contributed by atoms with E-state index in [9.17, 15) is 0 Å². The molecule has 0 aliphatic carbocycles. The maximum atomic E-state index is 5.73. The third-order valence-corrected chi connectivity index (χ3v) is 2.25. The van der Waals surface area contributed by atoms with Gasteiger partial charge in [0.15, 0.2) is 0 Å². The lowest BCUT2D eigenvalue weighted by molar-refractivity contribution is 0.239. The molecular weight excluding hydrogens is 266 g/mol. The van der Waals surface area contributed by atoms with Crippen molar-refractivity contribution in [1.29, 1.82) is 0 Å². The monoisotopic (exact) mass is 283 g/mol. The zero-order valence-electron chi connectivity index (χ0n) is 9.79. The minimum Gasteiger partial charge on any atom is -0.491 e. The van der Waals surface area contributed by atoms with Gasteiger partial charge in [0.25, 0.3) is 0 Å². The third kappa shape index (κ3) is 4.81. The topological polar surface area (TPSA) is 21.3 Å². The second-order valence-corrected chi connectivity index (χ2v) is 5.02. The van der Waals surface area contributed by atoms with Crippen molar-refractivity contribution < 1.29 is 4.74 Å². The highest BCUT2D eigenvalue weighted by molar-refractivity contribution is 9.11. The van der Waals surface area contributed by atoms with Gasteiger partial charge in [-0.15, -0.1) is 0 Å². The predicted octanol–water partition coefficient (Wildman–Crippen LogP) is 3.47. The van der Waals surface area contributed by atoms with Gasteiger partial charge in [0.1, 0.15) is 5.75 Å². The number of halogens is 1. The van der Waals surface area contributed by atoms with Gasteiger partial charge >= 0.3 is 0 Å². The van der Waals surface area contributed by atoms with Crippen LogP contribution in [-0.2, 0) is 6.54 Å². The molecule has 0 spiro atoms.